The Hall–Kier alpha value is -0.660. The molecule has 0 aromatic heterocycles. The van der Waals surface area contributed by atoms with Crippen LogP contribution in [0.25, 0.3) is 5.76 Å². The van der Waals surface area contributed by atoms with E-state index in [-0.39, 0.29) is 0 Å². The molecule has 16 heavy (non-hydrogen) atoms. The molecule has 0 saturated heterocycles. The minimum absolute atomic E-state index is 0.534. The lowest BCUT2D eigenvalue weighted by molar-refractivity contribution is 0.272. The zero-order valence-electron chi connectivity index (χ0n) is 9.30. The Morgan fingerprint density at radius 1 is 1.44 bits per heavy atom. The van der Waals surface area contributed by atoms with Crippen molar-refractivity contribution in [1.29, 1.82) is 0 Å². The lowest BCUT2D eigenvalue weighted by Gasteiger charge is -2.12. The van der Waals surface area contributed by atoms with Crippen molar-refractivity contribution in [2.24, 2.45) is 0 Å². The molecule has 0 spiro atoms. The second-order valence-corrected chi connectivity index (χ2v) is 4.10. The molecule has 0 aliphatic rings. The first-order chi connectivity index (χ1) is 7.70. The lowest BCUT2D eigenvalue weighted by atomic mass is 10.2. The van der Waals surface area contributed by atoms with Crippen molar-refractivity contribution in [3.05, 3.63) is 46.8 Å². The third-order valence-electron chi connectivity index (χ3n) is 2.13. The van der Waals surface area contributed by atoms with E-state index in [0.717, 1.165) is 24.2 Å². The summed E-state index contributed by atoms with van der Waals surface area (Å²) in [7, 11) is 0. The molecular weight excluding hydrogens is 243 g/mol. The minimum Gasteiger partial charge on any atom is -0.493 e. The molecule has 0 fully saturated rings. The summed E-state index contributed by atoms with van der Waals surface area (Å²) in [5.74, 6) is 0.765. The number of allylic oxidation sites excluding steroid dienone is 1. The highest BCUT2D eigenvalue weighted by Crippen LogP contribution is 2.31. The van der Waals surface area contributed by atoms with Crippen LogP contribution in [-0.4, -0.2) is 6.61 Å². The van der Waals surface area contributed by atoms with E-state index in [4.69, 9.17) is 27.9 Å². The first-order valence-corrected chi connectivity index (χ1v) is 5.99. The van der Waals surface area contributed by atoms with Crippen LogP contribution in [0.1, 0.15) is 25.3 Å². The van der Waals surface area contributed by atoms with Gasteiger partial charge in [0.25, 0.3) is 0 Å². The van der Waals surface area contributed by atoms with E-state index < -0.39 is 0 Å². The van der Waals surface area contributed by atoms with Crippen LogP contribution < -0.4 is 0 Å². The summed E-state index contributed by atoms with van der Waals surface area (Å²) >= 11 is 12.1. The Labute approximate surface area is 107 Å². The molecule has 1 rings (SSSR count). The van der Waals surface area contributed by atoms with Gasteiger partial charge in [0.2, 0.25) is 0 Å². The zero-order valence-corrected chi connectivity index (χ0v) is 10.8. The second-order valence-electron chi connectivity index (χ2n) is 3.31. The van der Waals surface area contributed by atoms with E-state index in [0.29, 0.717) is 16.7 Å². The monoisotopic (exact) mass is 257 g/mol. The quantitative estimate of drug-likeness (QED) is 0.534. The van der Waals surface area contributed by atoms with Crippen LogP contribution >= 0.6 is 23.2 Å². The summed E-state index contributed by atoms with van der Waals surface area (Å²) in [5.41, 5.74) is 0.834. The molecule has 87 valence electrons. The molecule has 0 atom stereocenters. The third kappa shape index (κ3) is 3.43. The number of rotatable bonds is 5. The van der Waals surface area contributed by atoms with Crippen molar-refractivity contribution in [3.8, 4) is 0 Å². The Morgan fingerprint density at radius 3 is 2.81 bits per heavy atom. The number of hydrogen-bond donors (Lipinski definition) is 0. The van der Waals surface area contributed by atoms with Gasteiger partial charge in [-0.25, -0.2) is 0 Å². The first-order valence-electron chi connectivity index (χ1n) is 5.23. The van der Waals surface area contributed by atoms with Gasteiger partial charge < -0.3 is 4.74 Å². The van der Waals surface area contributed by atoms with Crippen LogP contribution in [0.5, 0.6) is 0 Å². The van der Waals surface area contributed by atoms with Gasteiger partial charge in [0.1, 0.15) is 5.76 Å². The van der Waals surface area contributed by atoms with E-state index in [1.54, 1.807) is 6.07 Å². The van der Waals surface area contributed by atoms with Crippen LogP contribution in [0.3, 0.4) is 0 Å². The Kier molecular flexibility index (Phi) is 5.72. The van der Waals surface area contributed by atoms with Gasteiger partial charge in [-0.05, 0) is 31.6 Å². The SMILES string of the molecule is [CH2]CCCOC(=CC)c1cccc(Cl)c1Cl. The van der Waals surface area contributed by atoms with Gasteiger partial charge in [0.15, 0.2) is 0 Å². The van der Waals surface area contributed by atoms with Crippen molar-refractivity contribution in [2.75, 3.05) is 6.61 Å². The van der Waals surface area contributed by atoms with Crippen LogP contribution in [-0.2, 0) is 4.74 Å². The highest BCUT2D eigenvalue weighted by molar-refractivity contribution is 6.43. The van der Waals surface area contributed by atoms with E-state index in [2.05, 4.69) is 6.92 Å². The average Bonchev–Trinajstić information content (AvgIpc) is 2.29. The van der Waals surface area contributed by atoms with Gasteiger partial charge in [0.05, 0.1) is 16.7 Å². The normalized spacial score (nSPS) is 11.6. The maximum Gasteiger partial charge on any atom is 0.123 e. The van der Waals surface area contributed by atoms with E-state index >= 15 is 0 Å². The van der Waals surface area contributed by atoms with Gasteiger partial charge in [-0.1, -0.05) is 42.6 Å². The number of hydrogen-bond acceptors (Lipinski definition) is 1. The van der Waals surface area contributed by atoms with Gasteiger partial charge in [-0.15, -0.1) is 0 Å². The third-order valence-corrected chi connectivity index (χ3v) is 2.95. The van der Waals surface area contributed by atoms with Crippen LogP contribution in [0.4, 0.5) is 0 Å². The fraction of sp³-hybridized carbons (Fsp3) is 0.308. The average molecular weight is 258 g/mol. The Balaban J connectivity index is 2.84. The molecule has 1 aromatic rings. The predicted octanol–water partition coefficient (Wildman–Crippen LogP) is 4.99. The molecule has 3 heteroatoms. The topological polar surface area (TPSA) is 9.23 Å². The zero-order chi connectivity index (χ0) is 12.0. The number of unbranched alkanes of at least 4 members (excludes halogenated alkanes) is 1. The van der Waals surface area contributed by atoms with Gasteiger partial charge in [-0.3, -0.25) is 0 Å². The van der Waals surface area contributed by atoms with Crippen molar-refractivity contribution >= 4 is 29.0 Å². The molecule has 1 nitrogen and oxygen atoms in total. The van der Waals surface area contributed by atoms with Gasteiger partial charge >= 0.3 is 0 Å². The fourth-order valence-electron chi connectivity index (χ4n) is 1.29. The molecule has 1 radical (unpaired) electrons. The van der Waals surface area contributed by atoms with Gasteiger partial charge in [-0.2, -0.15) is 0 Å². The molecular formula is C13H15Cl2O. The maximum absolute atomic E-state index is 6.11. The molecule has 0 saturated carbocycles. The van der Waals surface area contributed by atoms with Crippen molar-refractivity contribution in [3.63, 3.8) is 0 Å². The summed E-state index contributed by atoms with van der Waals surface area (Å²) in [4.78, 5) is 0. The molecule has 0 N–H and O–H groups in total. The van der Waals surface area contributed by atoms with Gasteiger partial charge in [0, 0.05) is 5.56 Å². The smallest absolute Gasteiger partial charge is 0.123 e. The number of benzene rings is 1. The predicted molar refractivity (Wildman–Crippen MR) is 70.7 cm³/mol. The second kappa shape index (κ2) is 6.82. The molecule has 0 unspecified atom stereocenters. The summed E-state index contributed by atoms with van der Waals surface area (Å²) in [6.45, 7) is 6.32. The summed E-state index contributed by atoms with van der Waals surface area (Å²) in [6, 6.07) is 5.52. The van der Waals surface area contributed by atoms with Crippen LogP contribution in [0.2, 0.25) is 10.0 Å². The Morgan fingerprint density at radius 2 is 2.19 bits per heavy atom. The molecule has 0 bridgehead atoms. The van der Waals surface area contributed by atoms with Crippen LogP contribution in [0.15, 0.2) is 24.3 Å². The maximum atomic E-state index is 6.11. The molecule has 0 heterocycles. The first kappa shape index (κ1) is 13.4. The number of ether oxygens (including phenoxy) is 1. The fourth-order valence-corrected chi connectivity index (χ4v) is 1.69. The van der Waals surface area contributed by atoms with E-state index in [1.807, 2.05) is 25.1 Å². The molecule has 1 aromatic carbocycles. The number of halogens is 2. The van der Waals surface area contributed by atoms with E-state index in [9.17, 15) is 0 Å². The van der Waals surface area contributed by atoms with Crippen molar-refractivity contribution < 1.29 is 4.74 Å². The lowest BCUT2D eigenvalue weighted by Crippen LogP contribution is -1.95. The summed E-state index contributed by atoms with van der Waals surface area (Å²) in [6.07, 6.45) is 3.68. The summed E-state index contributed by atoms with van der Waals surface area (Å²) in [5, 5.41) is 1.08. The standard InChI is InChI=1S/C13H15Cl2O/c1-3-5-9-16-12(4-2)10-7-6-8-11(14)13(10)15/h4,6-8H,1,3,5,9H2,2H3. The van der Waals surface area contributed by atoms with Crippen molar-refractivity contribution in [2.45, 2.75) is 19.8 Å². The highest BCUT2D eigenvalue weighted by atomic mass is 35.5. The molecule has 0 amide bonds. The molecule has 0 aliphatic carbocycles. The molecule has 0 aliphatic heterocycles. The minimum atomic E-state index is 0.534. The van der Waals surface area contributed by atoms with Crippen molar-refractivity contribution in [1.82, 2.24) is 0 Å². The van der Waals surface area contributed by atoms with E-state index in [1.165, 1.54) is 0 Å². The van der Waals surface area contributed by atoms with Crippen LogP contribution in [0, 0.1) is 6.92 Å². The largest absolute Gasteiger partial charge is 0.493 e. The highest BCUT2D eigenvalue weighted by Gasteiger charge is 2.09. The summed E-state index contributed by atoms with van der Waals surface area (Å²) < 4.78 is 5.63. The Bertz CT molecular complexity index is 372.